The monoisotopic (exact) mass is 425 g/mol. The van der Waals surface area contributed by atoms with E-state index in [2.05, 4.69) is 21.5 Å². The predicted molar refractivity (Wildman–Crippen MR) is 98.4 cm³/mol. The molecule has 0 spiro atoms. The Kier molecular flexibility index (Phi) is 10.7. The van der Waals surface area contributed by atoms with Crippen LogP contribution in [0.15, 0.2) is 23.2 Å². The van der Waals surface area contributed by atoms with Crippen LogP contribution in [0.5, 0.6) is 0 Å². The van der Waals surface area contributed by atoms with Gasteiger partial charge in [-0.25, -0.2) is 0 Å². The second kappa shape index (κ2) is 11.1. The Bertz CT molecular complexity index is 464. The lowest BCUT2D eigenvalue weighted by Crippen LogP contribution is -2.37. The van der Waals surface area contributed by atoms with Crippen molar-refractivity contribution in [1.29, 1.82) is 0 Å². The quantitative estimate of drug-likeness (QED) is 0.328. The lowest BCUT2D eigenvalue weighted by molar-refractivity contribution is 0.855. The molecular weight excluding hydrogens is 408 g/mol. The highest BCUT2D eigenvalue weighted by atomic mass is 127. The molecule has 1 rings (SSSR count). The SMILES string of the molecule is C#CCNC(=NCCc1cc(Cl)cc(Cl)c1)NCC.I. The second-order valence-electron chi connectivity index (χ2n) is 3.85. The van der Waals surface area contributed by atoms with Gasteiger partial charge in [0.05, 0.1) is 6.54 Å². The number of benzene rings is 1. The van der Waals surface area contributed by atoms with Crippen molar-refractivity contribution in [3.63, 3.8) is 0 Å². The topological polar surface area (TPSA) is 36.4 Å². The molecule has 0 aliphatic carbocycles. The molecule has 0 unspecified atom stereocenters. The fourth-order valence-electron chi connectivity index (χ4n) is 1.53. The summed E-state index contributed by atoms with van der Waals surface area (Å²) >= 11 is 11.9. The summed E-state index contributed by atoms with van der Waals surface area (Å²) in [4.78, 5) is 4.42. The van der Waals surface area contributed by atoms with Crippen molar-refractivity contribution < 1.29 is 0 Å². The van der Waals surface area contributed by atoms with Crippen molar-refractivity contribution in [1.82, 2.24) is 10.6 Å². The summed E-state index contributed by atoms with van der Waals surface area (Å²) in [5.41, 5.74) is 1.06. The molecule has 0 atom stereocenters. The van der Waals surface area contributed by atoms with Gasteiger partial charge < -0.3 is 10.6 Å². The molecule has 1 aromatic carbocycles. The van der Waals surface area contributed by atoms with Crippen LogP contribution in [-0.4, -0.2) is 25.6 Å². The van der Waals surface area contributed by atoms with Gasteiger partial charge in [0.15, 0.2) is 5.96 Å². The molecule has 0 aliphatic rings. The van der Waals surface area contributed by atoms with Gasteiger partial charge in [0, 0.05) is 23.1 Å². The Labute approximate surface area is 147 Å². The minimum Gasteiger partial charge on any atom is -0.357 e. The highest BCUT2D eigenvalue weighted by Gasteiger charge is 1.99. The molecule has 0 bridgehead atoms. The molecule has 0 saturated carbocycles. The van der Waals surface area contributed by atoms with Crippen LogP contribution in [0.3, 0.4) is 0 Å². The van der Waals surface area contributed by atoms with E-state index < -0.39 is 0 Å². The number of nitrogens with zero attached hydrogens (tertiary/aromatic N) is 1. The maximum absolute atomic E-state index is 5.94. The number of guanidine groups is 1. The van der Waals surface area contributed by atoms with Gasteiger partial charge in [-0.05, 0) is 37.1 Å². The molecule has 3 nitrogen and oxygen atoms in total. The average Bonchev–Trinajstić information content (AvgIpc) is 2.34. The largest absolute Gasteiger partial charge is 0.357 e. The van der Waals surface area contributed by atoms with Crippen LogP contribution in [0.4, 0.5) is 0 Å². The Balaban J connectivity index is 0.00000361. The van der Waals surface area contributed by atoms with Gasteiger partial charge in [-0.1, -0.05) is 29.1 Å². The number of terminal acetylenes is 1. The molecule has 1 aromatic rings. The van der Waals surface area contributed by atoms with E-state index in [1.807, 2.05) is 19.1 Å². The van der Waals surface area contributed by atoms with Crippen LogP contribution < -0.4 is 10.6 Å². The maximum Gasteiger partial charge on any atom is 0.192 e. The lowest BCUT2D eigenvalue weighted by atomic mass is 10.1. The van der Waals surface area contributed by atoms with Crippen molar-refractivity contribution in [3.05, 3.63) is 33.8 Å². The van der Waals surface area contributed by atoms with Crippen molar-refractivity contribution >= 4 is 53.1 Å². The fraction of sp³-hybridized carbons (Fsp3) is 0.357. The summed E-state index contributed by atoms with van der Waals surface area (Å²) in [6.07, 6.45) is 5.97. The zero-order valence-corrected chi connectivity index (χ0v) is 15.1. The van der Waals surface area contributed by atoms with E-state index in [1.54, 1.807) is 6.07 Å². The molecule has 2 N–H and O–H groups in total. The standard InChI is InChI=1S/C14H17Cl2N3.HI/c1-3-6-18-14(17-4-2)19-7-5-11-8-12(15)10-13(16)9-11;/h1,8-10H,4-7H2,2H3,(H2,17,18,19);1H. The predicted octanol–water partition coefficient (Wildman–Crippen LogP) is 3.34. The van der Waals surface area contributed by atoms with Crippen LogP contribution in [0.25, 0.3) is 0 Å². The third-order valence-electron chi connectivity index (χ3n) is 2.29. The second-order valence-corrected chi connectivity index (χ2v) is 4.72. The summed E-state index contributed by atoms with van der Waals surface area (Å²) in [5, 5.41) is 7.43. The van der Waals surface area contributed by atoms with Gasteiger partial charge in [0.1, 0.15) is 0 Å². The van der Waals surface area contributed by atoms with Crippen molar-refractivity contribution in [2.75, 3.05) is 19.6 Å². The Morgan fingerprint density at radius 2 is 1.90 bits per heavy atom. The number of aliphatic imine (C=N–C) groups is 1. The van der Waals surface area contributed by atoms with Crippen LogP contribution in [-0.2, 0) is 6.42 Å². The number of rotatable bonds is 5. The summed E-state index contributed by atoms with van der Waals surface area (Å²) in [6, 6.07) is 5.50. The van der Waals surface area contributed by atoms with Crippen LogP contribution in [0.2, 0.25) is 10.0 Å². The lowest BCUT2D eigenvalue weighted by Gasteiger charge is -2.08. The Morgan fingerprint density at radius 1 is 1.25 bits per heavy atom. The Morgan fingerprint density at radius 3 is 2.45 bits per heavy atom. The zero-order valence-electron chi connectivity index (χ0n) is 11.2. The van der Waals surface area contributed by atoms with Crippen LogP contribution in [0.1, 0.15) is 12.5 Å². The summed E-state index contributed by atoms with van der Waals surface area (Å²) in [5.74, 6) is 3.23. The van der Waals surface area contributed by atoms with Gasteiger partial charge in [0.25, 0.3) is 0 Å². The first-order valence-corrected chi connectivity index (χ1v) is 6.82. The van der Waals surface area contributed by atoms with E-state index in [9.17, 15) is 0 Å². The van der Waals surface area contributed by atoms with Gasteiger partial charge in [-0.2, -0.15) is 0 Å². The Hall–Kier alpha value is -0.640. The van der Waals surface area contributed by atoms with E-state index in [-0.39, 0.29) is 24.0 Å². The number of hydrogen-bond donors (Lipinski definition) is 2. The van der Waals surface area contributed by atoms with Crippen molar-refractivity contribution in [2.24, 2.45) is 4.99 Å². The fourth-order valence-corrected chi connectivity index (χ4v) is 2.10. The first kappa shape index (κ1) is 19.4. The van der Waals surface area contributed by atoms with E-state index in [1.165, 1.54) is 0 Å². The number of nitrogens with one attached hydrogen (secondary N) is 2. The molecule has 0 heterocycles. The normalized spacial score (nSPS) is 10.4. The van der Waals surface area contributed by atoms with Gasteiger partial charge >= 0.3 is 0 Å². The molecule has 6 heteroatoms. The molecular formula is C14H18Cl2IN3. The molecule has 0 amide bonds. The summed E-state index contributed by atoms with van der Waals surface area (Å²) in [6.45, 7) is 3.88. The van der Waals surface area contributed by atoms with E-state index in [0.717, 1.165) is 18.5 Å². The minimum atomic E-state index is 0. The molecule has 0 saturated heterocycles. The van der Waals surface area contributed by atoms with Crippen LogP contribution >= 0.6 is 47.2 Å². The van der Waals surface area contributed by atoms with Crippen molar-refractivity contribution in [3.8, 4) is 12.3 Å². The molecule has 0 aliphatic heterocycles. The molecule has 0 fully saturated rings. The molecule has 110 valence electrons. The maximum atomic E-state index is 5.94. The average molecular weight is 426 g/mol. The molecule has 20 heavy (non-hydrogen) atoms. The highest BCUT2D eigenvalue weighted by molar-refractivity contribution is 14.0. The first-order chi connectivity index (χ1) is 9.15. The van der Waals surface area contributed by atoms with Gasteiger partial charge in [-0.3, -0.25) is 4.99 Å². The summed E-state index contributed by atoms with van der Waals surface area (Å²) < 4.78 is 0. The number of hydrogen-bond acceptors (Lipinski definition) is 1. The van der Waals surface area contributed by atoms with Crippen molar-refractivity contribution in [2.45, 2.75) is 13.3 Å². The van der Waals surface area contributed by atoms with E-state index in [4.69, 9.17) is 29.6 Å². The third kappa shape index (κ3) is 7.83. The minimum absolute atomic E-state index is 0. The first-order valence-electron chi connectivity index (χ1n) is 6.06. The van der Waals surface area contributed by atoms with E-state index in [0.29, 0.717) is 29.1 Å². The summed E-state index contributed by atoms with van der Waals surface area (Å²) in [7, 11) is 0. The molecule has 0 aromatic heterocycles. The molecule has 0 radical (unpaired) electrons. The highest BCUT2D eigenvalue weighted by Crippen LogP contribution is 2.19. The third-order valence-corrected chi connectivity index (χ3v) is 2.73. The van der Waals surface area contributed by atoms with Gasteiger partial charge in [-0.15, -0.1) is 30.4 Å². The smallest absolute Gasteiger partial charge is 0.192 e. The van der Waals surface area contributed by atoms with Gasteiger partial charge in [0.2, 0.25) is 0 Å². The van der Waals surface area contributed by atoms with Crippen LogP contribution in [0, 0.1) is 12.3 Å². The zero-order chi connectivity index (χ0) is 14.1. The van der Waals surface area contributed by atoms with E-state index >= 15 is 0 Å². The number of halogens is 3.